The van der Waals surface area contributed by atoms with Crippen molar-refractivity contribution in [3.63, 3.8) is 0 Å². The molecule has 138 valence electrons. The molecular weight excluding hydrogens is 328 g/mol. The van der Waals surface area contributed by atoms with Gasteiger partial charge >= 0.3 is 12.2 Å². The van der Waals surface area contributed by atoms with Gasteiger partial charge in [-0.15, -0.1) is 0 Å². The second kappa shape index (κ2) is 8.68. The highest BCUT2D eigenvalue weighted by Crippen LogP contribution is 2.32. The molecule has 1 fully saturated rings. The van der Waals surface area contributed by atoms with Gasteiger partial charge in [-0.3, -0.25) is 0 Å². The van der Waals surface area contributed by atoms with Crippen molar-refractivity contribution in [2.24, 2.45) is 0 Å². The highest BCUT2D eigenvalue weighted by molar-refractivity contribution is 5.68. The molecular formula is C17H24N2O6. The minimum atomic E-state index is -1.17. The number of ether oxygens (including phenoxy) is 3. The van der Waals surface area contributed by atoms with E-state index in [4.69, 9.17) is 19.3 Å². The quantitative estimate of drug-likeness (QED) is 0.677. The third kappa shape index (κ3) is 5.33. The first-order valence-corrected chi connectivity index (χ1v) is 8.05. The summed E-state index contributed by atoms with van der Waals surface area (Å²) in [7, 11) is 3.03. The van der Waals surface area contributed by atoms with Gasteiger partial charge < -0.3 is 30.0 Å². The van der Waals surface area contributed by atoms with E-state index in [2.05, 4.69) is 10.6 Å². The number of amides is 2. The smallest absolute Gasteiger partial charge is 0.407 e. The Kier molecular flexibility index (Phi) is 6.60. The van der Waals surface area contributed by atoms with Crippen molar-refractivity contribution in [2.45, 2.75) is 43.7 Å². The molecule has 0 aliphatic heterocycles. The monoisotopic (exact) mass is 352 g/mol. The summed E-state index contributed by atoms with van der Waals surface area (Å²) >= 11 is 0. The molecule has 1 aromatic rings. The molecule has 3 N–H and O–H groups in total. The maximum atomic E-state index is 12.0. The lowest BCUT2D eigenvalue weighted by Gasteiger charge is -2.42. The highest BCUT2D eigenvalue weighted by Gasteiger charge is 2.42. The van der Waals surface area contributed by atoms with Crippen molar-refractivity contribution in [1.29, 1.82) is 0 Å². The molecule has 1 saturated carbocycles. The standard InChI is InChI=1S/C17H24N2O6/c1-23-17(24-2)9-8-13(14(10-17)18-15(20)21)19-16(22)25-11-12-6-4-3-5-7-12/h3-7,13-14,18H,8-11H2,1-2H3,(H,19,22)(H,20,21). The van der Waals surface area contributed by atoms with Gasteiger partial charge in [0.25, 0.3) is 0 Å². The Hall–Kier alpha value is -2.32. The van der Waals surface area contributed by atoms with E-state index in [1.54, 1.807) is 0 Å². The predicted octanol–water partition coefficient (Wildman–Crippen LogP) is 2.09. The fourth-order valence-electron chi connectivity index (χ4n) is 3.01. The lowest BCUT2D eigenvalue weighted by atomic mass is 9.85. The third-order valence-electron chi connectivity index (χ3n) is 4.42. The number of benzene rings is 1. The van der Waals surface area contributed by atoms with Crippen molar-refractivity contribution < 1.29 is 28.9 Å². The van der Waals surface area contributed by atoms with Crippen molar-refractivity contribution >= 4 is 12.2 Å². The van der Waals surface area contributed by atoms with Crippen LogP contribution in [-0.2, 0) is 20.8 Å². The molecule has 0 bridgehead atoms. The van der Waals surface area contributed by atoms with Crippen LogP contribution in [0.25, 0.3) is 0 Å². The summed E-state index contributed by atoms with van der Waals surface area (Å²) in [6.45, 7) is 0.149. The van der Waals surface area contributed by atoms with Crippen LogP contribution < -0.4 is 10.6 Å². The van der Waals surface area contributed by atoms with Crippen LogP contribution >= 0.6 is 0 Å². The van der Waals surface area contributed by atoms with E-state index in [1.165, 1.54) is 14.2 Å². The number of carbonyl (C=O) groups is 2. The fourth-order valence-corrected chi connectivity index (χ4v) is 3.01. The number of nitrogens with one attached hydrogen (secondary N) is 2. The summed E-state index contributed by atoms with van der Waals surface area (Å²) < 4.78 is 16.0. The first-order valence-electron chi connectivity index (χ1n) is 8.05. The van der Waals surface area contributed by atoms with Crippen LogP contribution in [0.2, 0.25) is 0 Å². The Morgan fingerprint density at radius 1 is 1.16 bits per heavy atom. The van der Waals surface area contributed by atoms with Crippen LogP contribution in [0, 0.1) is 0 Å². The number of alkyl carbamates (subject to hydrolysis) is 1. The number of carboxylic acid groups (broad SMARTS) is 1. The summed E-state index contributed by atoms with van der Waals surface area (Å²) in [6.07, 6.45) is -0.449. The number of carbonyl (C=O) groups excluding carboxylic acids is 1. The summed E-state index contributed by atoms with van der Waals surface area (Å²) in [5, 5.41) is 14.2. The number of methoxy groups -OCH3 is 2. The van der Waals surface area contributed by atoms with E-state index in [-0.39, 0.29) is 13.0 Å². The largest absolute Gasteiger partial charge is 0.465 e. The molecule has 1 aromatic carbocycles. The Balaban J connectivity index is 1.94. The van der Waals surface area contributed by atoms with Gasteiger partial charge in [0.15, 0.2) is 5.79 Å². The van der Waals surface area contributed by atoms with Crippen molar-refractivity contribution in [3.8, 4) is 0 Å². The van der Waals surface area contributed by atoms with E-state index < -0.39 is 30.1 Å². The van der Waals surface area contributed by atoms with Crippen LogP contribution in [-0.4, -0.2) is 49.4 Å². The number of hydrogen-bond acceptors (Lipinski definition) is 5. The van der Waals surface area contributed by atoms with Crippen LogP contribution in [0.15, 0.2) is 30.3 Å². The molecule has 2 unspecified atom stereocenters. The van der Waals surface area contributed by atoms with Gasteiger partial charge in [-0.05, 0) is 12.0 Å². The van der Waals surface area contributed by atoms with Gasteiger partial charge in [0.1, 0.15) is 6.61 Å². The molecule has 2 amide bonds. The van der Waals surface area contributed by atoms with E-state index >= 15 is 0 Å². The molecule has 0 heterocycles. The fraction of sp³-hybridized carbons (Fsp3) is 0.529. The maximum Gasteiger partial charge on any atom is 0.407 e. The molecule has 1 aliphatic rings. The minimum absolute atomic E-state index is 0.149. The van der Waals surface area contributed by atoms with Crippen molar-refractivity contribution in [3.05, 3.63) is 35.9 Å². The Labute approximate surface area is 146 Å². The summed E-state index contributed by atoms with van der Waals surface area (Å²) in [6, 6.07) is 8.36. The average Bonchev–Trinajstić information content (AvgIpc) is 2.62. The maximum absolute atomic E-state index is 12.0. The van der Waals surface area contributed by atoms with E-state index in [1.807, 2.05) is 30.3 Å². The summed E-state index contributed by atoms with van der Waals surface area (Å²) in [5.41, 5.74) is 0.874. The van der Waals surface area contributed by atoms with Gasteiger partial charge in [-0.1, -0.05) is 30.3 Å². The van der Waals surface area contributed by atoms with Gasteiger partial charge in [-0.25, -0.2) is 9.59 Å². The Bertz CT molecular complexity index is 576. The summed E-state index contributed by atoms with van der Waals surface area (Å²) in [5.74, 6) is -0.862. The zero-order valence-electron chi connectivity index (χ0n) is 14.4. The first kappa shape index (κ1) is 19.0. The summed E-state index contributed by atoms with van der Waals surface area (Å²) in [4.78, 5) is 23.1. The van der Waals surface area contributed by atoms with Crippen molar-refractivity contribution in [1.82, 2.24) is 10.6 Å². The van der Waals surface area contributed by atoms with Crippen molar-refractivity contribution in [2.75, 3.05) is 14.2 Å². The number of rotatable bonds is 6. The van der Waals surface area contributed by atoms with E-state index in [0.717, 1.165) is 5.56 Å². The Morgan fingerprint density at radius 2 is 1.84 bits per heavy atom. The van der Waals surface area contributed by atoms with Crippen LogP contribution in [0.3, 0.4) is 0 Å². The average molecular weight is 352 g/mol. The first-order chi connectivity index (χ1) is 12.0. The van der Waals surface area contributed by atoms with Crippen LogP contribution in [0.4, 0.5) is 9.59 Å². The molecule has 0 aromatic heterocycles. The van der Waals surface area contributed by atoms with Gasteiger partial charge in [-0.2, -0.15) is 0 Å². The molecule has 2 rings (SSSR count). The molecule has 25 heavy (non-hydrogen) atoms. The van der Waals surface area contributed by atoms with Crippen LogP contribution in [0.5, 0.6) is 0 Å². The van der Waals surface area contributed by atoms with Crippen LogP contribution in [0.1, 0.15) is 24.8 Å². The third-order valence-corrected chi connectivity index (χ3v) is 4.42. The van der Waals surface area contributed by atoms with E-state index in [9.17, 15) is 9.59 Å². The zero-order valence-corrected chi connectivity index (χ0v) is 14.4. The highest BCUT2D eigenvalue weighted by atomic mass is 16.7. The van der Waals surface area contributed by atoms with Gasteiger partial charge in [0.05, 0.1) is 12.1 Å². The topological polar surface area (TPSA) is 106 Å². The SMILES string of the molecule is COC1(OC)CCC(NC(=O)OCc2ccccc2)C(NC(=O)O)C1. The molecule has 0 saturated heterocycles. The second-order valence-corrected chi connectivity index (χ2v) is 5.93. The lowest BCUT2D eigenvalue weighted by molar-refractivity contribution is -0.228. The normalized spacial score (nSPS) is 22.0. The van der Waals surface area contributed by atoms with E-state index in [0.29, 0.717) is 12.8 Å². The second-order valence-electron chi connectivity index (χ2n) is 5.93. The predicted molar refractivity (Wildman–Crippen MR) is 89.1 cm³/mol. The molecule has 8 nitrogen and oxygen atoms in total. The van der Waals surface area contributed by atoms with Gasteiger partial charge in [0.2, 0.25) is 0 Å². The molecule has 0 radical (unpaired) electrons. The zero-order chi connectivity index (χ0) is 18.3. The molecule has 8 heteroatoms. The number of hydrogen-bond donors (Lipinski definition) is 3. The molecule has 1 aliphatic carbocycles. The molecule has 0 spiro atoms. The van der Waals surface area contributed by atoms with Gasteiger partial charge in [0, 0.05) is 27.1 Å². The lowest BCUT2D eigenvalue weighted by Crippen LogP contribution is -2.59. The minimum Gasteiger partial charge on any atom is -0.465 e. The molecule has 2 atom stereocenters. The Morgan fingerprint density at radius 3 is 2.44 bits per heavy atom.